The highest BCUT2D eigenvalue weighted by Crippen LogP contribution is 2.25. The van der Waals surface area contributed by atoms with E-state index in [1.165, 1.54) is 14.2 Å². The molecule has 0 spiro atoms. The van der Waals surface area contributed by atoms with Crippen molar-refractivity contribution in [2.24, 2.45) is 39.4 Å². The summed E-state index contributed by atoms with van der Waals surface area (Å²) in [6, 6.07) is -0.696. The number of nitrogens with two attached hydrogens (primary N) is 6. The van der Waals surface area contributed by atoms with Crippen LogP contribution in [0.1, 0.15) is 0 Å². The molecule has 1 aliphatic heterocycles. The average Bonchev–Trinajstić information content (AvgIpc) is 3.18. The zero-order valence-corrected chi connectivity index (χ0v) is 34.3. The molecule has 5 atom stereocenters. The van der Waals surface area contributed by atoms with Gasteiger partial charge in [0.15, 0.2) is 6.29 Å². The highest BCUT2D eigenvalue weighted by Gasteiger charge is 2.45. The molecule has 328 valence electrons. The fourth-order valence-electron chi connectivity index (χ4n) is 6.64. The van der Waals surface area contributed by atoms with Crippen molar-refractivity contribution in [2.75, 3.05) is 191 Å². The van der Waals surface area contributed by atoms with Crippen LogP contribution in [0.4, 0.5) is 0 Å². The van der Waals surface area contributed by atoms with Crippen LogP contribution >= 0.6 is 0 Å². The number of aliphatic imine (C=N–C) groups is 1. The lowest BCUT2D eigenvalue weighted by atomic mass is 9.97. The number of nitrogens with one attached hydrogen (secondary N) is 3. The molecule has 0 radical (unpaired) electrons. The summed E-state index contributed by atoms with van der Waals surface area (Å²) < 4.78 is 16.5. The smallest absolute Gasteiger partial charge is 0.182 e. The van der Waals surface area contributed by atoms with E-state index in [-0.39, 0.29) is 6.61 Å². The topological polar surface area (TPSA) is 289 Å². The second-order valence-corrected chi connectivity index (χ2v) is 13.8. The van der Waals surface area contributed by atoms with Crippen LogP contribution in [-0.2, 0) is 14.2 Å². The van der Waals surface area contributed by atoms with E-state index in [0.717, 1.165) is 124 Å². The lowest BCUT2D eigenvalue weighted by molar-refractivity contribution is -0.262. The number of rotatable bonds is 38. The first-order valence-electron chi connectivity index (χ1n) is 20.3. The van der Waals surface area contributed by atoms with Gasteiger partial charge >= 0.3 is 0 Å². The third-order valence-electron chi connectivity index (χ3n) is 9.79. The molecule has 1 heterocycles. The minimum absolute atomic E-state index is 0.294. The fourth-order valence-corrected chi connectivity index (χ4v) is 6.64. The van der Waals surface area contributed by atoms with Crippen LogP contribution in [0.5, 0.6) is 0 Å². The minimum Gasteiger partial charge on any atom is -0.394 e. The molecule has 55 heavy (non-hydrogen) atoms. The number of aliphatic hydroxyl groups excluding tert-OH is 2. The molecule has 20 heteroatoms. The van der Waals surface area contributed by atoms with Crippen molar-refractivity contribution in [3.8, 4) is 0 Å². The van der Waals surface area contributed by atoms with E-state index >= 15 is 0 Å². The van der Waals surface area contributed by atoms with Crippen molar-refractivity contribution in [2.45, 2.75) is 30.6 Å². The van der Waals surface area contributed by atoms with Crippen LogP contribution in [0.15, 0.2) is 4.99 Å². The number of methoxy groups -OCH3 is 2. The molecule has 20 nitrogen and oxygen atoms in total. The Kier molecular flexibility index (Phi) is 32.7. The zero-order chi connectivity index (χ0) is 40.5. The molecule has 0 aromatic rings. The minimum atomic E-state index is -0.990. The van der Waals surface area contributed by atoms with Crippen molar-refractivity contribution in [1.82, 2.24) is 40.4 Å². The van der Waals surface area contributed by atoms with Crippen LogP contribution in [-0.4, -0.2) is 263 Å². The predicted octanol–water partition coefficient (Wildman–Crippen LogP) is -6.85. The van der Waals surface area contributed by atoms with E-state index in [1.807, 2.05) is 0 Å². The third-order valence-corrected chi connectivity index (χ3v) is 9.79. The summed E-state index contributed by atoms with van der Waals surface area (Å²) in [4.78, 5) is 16.5. The van der Waals surface area contributed by atoms with E-state index in [1.54, 1.807) is 6.34 Å². The number of ether oxygens (including phenoxy) is 3. The van der Waals surface area contributed by atoms with Crippen molar-refractivity contribution in [3.63, 3.8) is 0 Å². The predicted molar refractivity (Wildman–Crippen MR) is 222 cm³/mol. The first-order chi connectivity index (χ1) is 26.8. The summed E-state index contributed by atoms with van der Waals surface area (Å²) in [6.45, 7) is 20.6. The normalized spacial score (nSPS) is 20.7. The maximum Gasteiger partial charge on any atom is 0.182 e. The fraction of sp³-hybridized carbons (Fsp3) is 0.971. The molecule has 0 aliphatic carbocycles. The van der Waals surface area contributed by atoms with Gasteiger partial charge in [0.05, 0.1) is 12.9 Å². The standard InChI is InChI=1S/C35H83N15O5/c1-53-34-31(29-51)55-35(54-2)32(33(34)52)45-30-44-10-9-42-11-21-49(22-13-43-12-20-46(14-3-36)15-4-37)25-28-50(26-23-47(16-5-38)17-6-39)27-24-48(18-7-40)19-8-41/h30-35,42-43,51-52H,3-29,36-41H2,1-2H3,(H,44,45). The summed E-state index contributed by atoms with van der Waals surface area (Å²) in [7, 11) is 2.95. The Morgan fingerprint density at radius 2 is 0.945 bits per heavy atom. The largest absolute Gasteiger partial charge is 0.394 e. The number of hydrogen-bond acceptors (Lipinski definition) is 19. The van der Waals surface area contributed by atoms with E-state index in [4.69, 9.17) is 48.6 Å². The third kappa shape index (κ3) is 23.1. The Bertz CT molecular complexity index is 854. The van der Waals surface area contributed by atoms with Gasteiger partial charge in [0.25, 0.3) is 0 Å². The van der Waals surface area contributed by atoms with Crippen LogP contribution < -0.4 is 50.4 Å². The summed E-state index contributed by atoms with van der Waals surface area (Å²) >= 11 is 0. The molecule has 0 amide bonds. The second kappa shape index (κ2) is 34.8. The molecule has 1 rings (SSSR count). The second-order valence-electron chi connectivity index (χ2n) is 13.8. The maximum absolute atomic E-state index is 10.8. The first kappa shape index (κ1) is 51.8. The average molecular weight is 794 g/mol. The molecule has 1 fully saturated rings. The number of aliphatic hydroxyl groups is 2. The monoisotopic (exact) mass is 794 g/mol. The summed E-state index contributed by atoms with van der Waals surface area (Å²) in [5.41, 5.74) is 35.2. The van der Waals surface area contributed by atoms with Crippen LogP contribution in [0.3, 0.4) is 0 Å². The summed E-state index contributed by atoms with van der Waals surface area (Å²) in [5, 5.41) is 30.8. The quantitative estimate of drug-likeness (QED) is 0.0157. The van der Waals surface area contributed by atoms with Crippen LogP contribution in [0, 0.1) is 0 Å². The van der Waals surface area contributed by atoms with Gasteiger partial charge in [0, 0.05) is 184 Å². The Morgan fingerprint density at radius 3 is 1.33 bits per heavy atom. The molecule has 0 saturated carbocycles. The molecule has 17 N–H and O–H groups in total. The molecule has 1 aliphatic rings. The van der Waals surface area contributed by atoms with Crippen LogP contribution in [0.25, 0.3) is 0 Å². The Morgan fingerprint density at radius 1 is 0.564 bits per heavy atom. The lowest BCUT2D eigenvalue weighted by Gasteiger charge is -2.41. The van der Waals surface area contributed by atoms with Gasteiger partial charge in [-0.05, 0) is 0 Å². The Labute approximate surface area is 331 Å². The van der Waals surface area contributed by atoms with E-state index in [0.29, 0.717) is 45.8 Å². The van der Waals surface area contributed by atoms with Gasteiger partial charge in [-0.25, -0.2) is 0 Å². The molecule has 0 aromatic carbocycles. The number of hydrogen-bond donors (Lipinski definition) is 11. The van der Waals surface area contributed by atoms with E-state index in [2.05, 4.69) is 45.4 Å². The molecular weight excluding hydrogens is 710 g/mol. The van der Waals surface area contributed by atoms with Gasteiger partial charge in [-0.2, -0.15) is 0 Å². The van der Waals surface area contributed by atoms with Gasteiger partial charge in [-0.1, -0.05) is 0 Å². The van der Waals surface area contributed by atoms with E-state index in [9.17, 15) is 10.2 Å². The van der Waals surface area contributed by atoms with Gasteiger partial charge in [0.2, 0.25) is 0 Å². The highest BCUT2D eigenvalue weighted by atomic mass is 16.7. The lowest BCUT2D eigenvalue weighted by Crippen LogP contribution is -2.59. The molecular formula is C35H83N15O5. The zero-order valence-electron chi connectivity index (χ0n) is 34.3. The van der Waals surface area contributed by atoms with E-state index < -0.39 is 30.6 Å². The van der Waals surface area contributed by atoms with Gasteiger partial charge in [-0.3, -0.25) is 29.5 Å². The Balaban J connectivity index is 2.79. The Hall–Kier alpha value is -1.25. The highest BCUT2D eigenvalue weighted by molar-refractivity contribution is 5.54. The first-order valence-corrected chi connectivity index (χ1v) is 20.3. The molecule has 0 bridgehead atoms. The molecule has 1 saturated heterocycles. The van der Waals surface area contributed by atoms with Gasteiger partial charge in [-0.15, -0.1) is 0 Å². The number of nitrogens with zero attached hydrogens (tertiary/aromatic N) is 6. The summed E-state index contributed by atoms with van der Waals surface area (Å²) in [5.74, 6) is 0. The van der Waals surface area contributed by atoms with Gasteiger partial charge < -0.3 is 74.8 Å². The SMILES string of the molecule is COC1OC(CO)C(OC)C(O)C1N=CNCCNCCN(CCNCCN(CCN)CCN)CCN(CCN(CCN)CCN)CCN(CCN)CCN. The van der Waals surface area contributed by atoms with Crippen molar-refractivity contribution in [3.05, 3.63) is 0 Å². The molecule has 0 aromatic heterocycles. The van der Waals surface area contributed by atoms with Gasteiger partial charge in [0.1, 0.15) is 24.4 Å². The van der Waals surface area contributed by atoms with Crippen LogP contribution in [0.2, 0.25) is 0 Å². The van der Waals surface area contributed by atoms with Crippen molar-refractivity contribution < 1.29 is 24.4 Å². The molecule has 5 unspecified atom stereocenters. The van der Waals surface area contributed by atoms with Crippen molar-refractivity contribution in [1.29, 1.82) is 0 Å². The van der Waals surface area contributed by atoms with Crippen molar-refractivity contribution >= 4 is 6.34 Å². The summed E-state index contributed by atoms with van der Waals surface area (Å²) in [6.07, 6.45) is -1.63. The maximum atomic E-state index is 10.8.